The highest BCUT2D eigenvalue weighted by Gasteiger charge is 2.08. The molecule has 2 nitrogen and oxygen atoms in total. The molecule has 0 spiro atoms. The van der Waals surface area contributed by atoms with Crippen LogP contribution in [-0.4, -0.2) is 6.04 Å². The van der Waals surface area contributed by atoms with Crippen molar-refractivity contribution in [1.82, 2.24) is 5.32 Å². The Morgan fingerprint density at radius 1 is 1.18 bits per heavy atom. The summed E-state index contributed by atoms with van der Waals surface area (Å²) in [5, 5.41) is 4.23. The van der Waals surface area contributed by atoms with Gasteiger partial charge in [0.1, 0.15) is 12.4 Å². The number of nitrogens with one attached hydrogen (secondary N) is 1. The van der Waals surface area contributed by atoms with Gasteiger partial charge in [0.05, 0.1) is 0 Å². The number of rotatable bonds is 7. The van der Waals surface area contributed by atoms with Gasteiger partial charge in [-0.2, -0.15) is 0 Å². The highest BCUT2D eigenvalue weighted by Crippen LogP contribution is 2.25. The lowest BCUT2D eigenvalue weighted by Crippen LogP contribution is -2.24. The van der Waals surface area contributed by atoms with E-state index < -0.39 is 0 Å². The van der Waals surface area contributed by atoms with Gasteiger partial charge in [0.25, 0.3) is 0 Å². The average Bonchev–Trinajstić information content (AvgIpc) is 2.53. The summed E-state index contributed by atoms with van der Waals surface area (Å²) in [5.74, 6) is 0.888. The van der Waals surface area contributed by atoms with Gasteiger partial charge in [-0.15, -0.1) is 0 Å². The first-order valence-electron chi connectivity index (χ1n) is 7.48. The molecule has 2 aromatic rings. The van der Waals surface area contributed by atoms with Crippen LogP contribution in [0.1, 0.15) is 31.4 Å². The number of halogens is 2. The molecule has 0 amide bonds. The van der Waals surface area contributed by atoms with Gasteiger partial charge in [-0.1, -0.05) is 52.7 Å². The van der Waals surface area contributed by atoms with Crippen molar-refractivity contribution in [3.63, 3.8) is 0 Å². The molecule has 0 saturated heterocycles. The van der Waals surface area contributed by atoms with Crippen LogP contribution < -0.4 is 10.1 Å². The molecule has 0 aliphatic carbocycles. The highest BCUT2D eigenvalue weighted by molar-refractivity contribution is 9.10. The second-order valence-electron chi connectivity index (χ2n) is 5.32. The van der Waals surface area contributed by atoms with Crippen LogP contribution in [0.15, 0.2) is 46.9 Å². The van der Waals surface area contributed by atoms with Crippen LogP contribution in [0.4, 0.5) is 0 Å². The maximum atomic E-state index is 6.18. The smallest absolute Gasteiger partial charge is 0.124 e. The van der Waals surface area contributed by atoms with Gasteiger partial charge in [0.2, 0.25) is 0 Å². The zero-order valence-corrected chi connectivity index (χ0v) is 15.2. The predicted octanol–water partition coefficient (Wildman–Crippen LogP) is 5.57. The van der Waals surface area contributed by atoms with Crippen molar-refractivity contribution in [1.29, 1.82) is 0 Å². The van der Waals surface area contributed by atoms with E-state index in [1.54, 1.807) is 0 Å². The Labute approximate surface area is 146 Å². The molecule has 0 saturated carbocycles. The van der Waals surface area contributed by atoms with Crippen LogP contribution >= 0.6 is 27.5 Å². The van der Waals surface area contributed by atoms with Crippen molar-refractivity contribution in [3.05, 3.63) is 63.1 Å². The van der Waals surface area contributed by atoms with Crippen LogP contribution in [0.3, 0.4) is 0 Å². The van der Waals surface area contributed by atoms with E-state index in [0.717, 1.165) is 39.3 Å². The van der Waals surface area contributed by atoms with Crippen LogP contribution in [0.5, 0.6) is 5.75 Å². The predicted molar refractivity (Wildman–Crippen MR) is 96.5 cm³/mol. The molecule has 2 rings (SSSR count). The molecule has 1 N–H and O–H groups in total. The van der Waals surface area contributed by atoms with Crippen LogP contribution in [0.25, 0.3) is 0 Å². The van der Waals surface area contributed by atoms with Crippen molar-refractivity contribution in [2.24, 2.45) is 0 Å². The van der Waals surface area contributed by atoms with Crippen molar-refractivity contribution < 1.29 is 4.74 Å². The summed E-state index contributed by atoms with van der Waals surface area (Å²) in [5.41, 5.74) is 2.13. The fourth-order valence-corrected chi connectivity index (χ4v) is 2.63. The second-order valence-corrected chi connectivity index (χ2v) is 6.65. The summed E-state index contributed by atoms with van der Waals surface area (Å²) < 4.78 is 7.03. The van der Waals surface area contributed by atoms with Crippen LogP contribution in [0, 0.1) is 0 Å². The Hall–Kier alpha value is -1.03. The van der Waals surface area contributed by atoms with Crippen molar-refractivity contribution in [2.45, 2.75) is 39.5 Å². The minimum atomic E-state index is 0.470. The molecular formula is C18H21BrClNO. The summed E-state index contributed by atoms with van der Waals surface area (Å²) >= 11 is 9.70. The number of ether oxygens (including phenoxy) is 1. The number of benzene rings is 2. The van der Waals surface area contributed by atoms with Crippen LogP contribution in [0.2, 0.25) is 5.02 Å². The Balaban J connectivity index is 2.08. The quantitative estimate of drug-likeness (QED) is 0.676. The van der Waals surface area contributed by atoms with Gasteiger partial charge in [-0.05, 0) is 37.6 Å². The van der Waals surface area contributed by atoms with E-state index in [1.165, 1.54) is 0 Å². The molecule has 0 unspecified atom stereocenters. The summed E-state index contributed by atoms with van der Waals surface area (Å²) in [4.78, 5) is 0. The number of hydrogen-bond acceptors (Lipinski definition) is 2. The highest BCUT2D eigenvalue weighted by atomic mass is 79.9. The fourth-order valence-electron chi connectivity index (χ4n) is 2.03. The molecule has 0 aliphatic rings. The van der Waals surface area contributed by atoms with Crippen LogP contribution in [-0.2, 0) is 13.2 Å². The molecule has 4 heteroatoms. The Bertz CT molecular complexity index is 618. The Morgan fingerprint density at radius 3 is 2.68 bits per heavy atom. The van der Waals surface area contributed by atoms with E-state index in [4.69, 9.17) is 16.3 Å². The first kappa shape index (κ1) is 17.3. The van der Waals surface area contributed by atoms with Crippen molar-refractivity contribution in [2.75, 3.05) is 0 Å². The molecule has 0 aliphatic heterocycles. The first-order chi connectivity index (χ1) is 10.6. The lowest BCUT2D eigenvalue weighted by molar-refractivity contribution is 0.301. The molecule has 0 fully saturated rings. The van der Waals surface area contributed by atoms with Gasteiger partial charge in [0, 0.05) is 33.2 Å². The minimum absolute atomic E-state index is 0.470. The van der Waals surface area contributed by atoms with E-state index in [-0.39, 0.29) is 0 Å². The third kappa shape index (κ3) is 5.01. The van der Waals surface area contributed by atoms with Crippen molar-refractivity contribution in [3.8, 4) is 5.75 Å². The standard InChI is InChI=1S/C18H21BrClNO/c1-3-13(2)21-11-15-10-16(19)8-9-18(15)22-12-14-6-4-5-7-17(14)20/h4-10,13,21H,3,11-12H2,1-2H3/t13-/m1/s1. The first-order valence-corrected chi connectivity index (χ1v) is 8.65. The van der Waals surface area contributed by atoms with Crippen molar-refractivity contribution >= 4 is 27.5 Å². The van der Waals surface area contributed by atoms with E-state index in [2.05, 4.69) is 41.2 Å². The summed E-state index contributed by atoms with van der Waals surface area (Å²) in [6.45, 7) is 5.61. The minimum Gasteiger partial charge on any atom is -0.489 e. The Morgan fingerprint density at radius 2 is 1.95 bits per heavy atom. The third-order valence-electron chi connectivity index (χ3n) is 3.62. The molecule has 0 bridgehead atoms. The topological polar surface area (TPSA) is 21.3 Å². The normalized spacial score (nSPS) is 12.2. The summed E-state index contributed by atoms with van der Waals surface area (Å²) in [7, 11) is 0. The third-order valence-corrected chi connectivity index (χ3v) is 4.48. The maximum Gasteiger partial charge on any atom is 0.124 e. The Kier molecular flexibility index (Phi) is 6.74. The van der Waals surface area contributed by atoms with Gasteiger partial charge >= 0.3 is 0 Å². The van der Waals surface area contributed by atoms with Gasteiger partial charge in [-0.3, -0.25) is 0 Å². The molecule has 0 heterocycles. The molecule has 0 aromatic heterocycles. The fraction of sp³-hybridized carbons (Fsp3) is 0.333. The van der Waals surface area contributed by atoms with Gasteiger partial charge in [-0.25, -0.2) is 0 Å². The van der Waals surface area contributed by atoms with E-state index in [9.17, 15) is 0 Å². The number of hydrogen-bond donors (Lipinski definition) is 1. The van der Waals surface area contributed by atoms with Gasteiger partial charge < -0.3 is 10.1 Å². The zero-order chi connectivity index (χ0) is 15.9. The van der Waals surface area contributed by atoms with E-state index in [0.29, 0.717) is 12.6 Å². The van der Waals surface area contributed by atoms with E-state index >= 15 is 0 Å². The van der Waals surface area contributed by atoms with E-state index in [1.807, 2.05) is 36.4 Å². The SMILES string of the molecule is CC[C@@H](C)NCc1cc(Br)ccc1OCc1ccccc1Cl. The average molecular weight is 383 g/mol. The largest absolute Gasteiger partial charge is 0.489 e. The lowest BCUT2D eigenvalue weighted by atomic mass is 10.1. The molecule has 0 radical (unpaired) electrons. The zero-order valence-electron chi connectivity index (χ0n) is 12.9. The second kappa shape index (κ2) is 8.56. The molecule has 22 heavy (non-hydrogen) atoms. The molecule has 2 aromatic carbocycles. The summed E-state index contributed by atoms with van der Waals surface area (Å²) in [6, 6.07) is 14.3. The lowest BCUT2D eigenvalue weighted by Gasteiger charge is -2.16. The molecular weight excluding hydrogens is 362 g/mol. The molecule has 118 valence electrons. The summed E-state index contributed by atoms with van der Waals surface area (Å²) in [6.07, 6.45) is 1.10. The van der Waals surface area contributed by atoms with Gasteiger partial charge in [0.15, 0.2) is 0 Å². The maximum absolute atomic E-state index is 6.18. The monoisotopic (exact) mass is 381 g/mol. The molecule has 1 atom stereocenters.